The highest BCUT2D eigenvalue weighted by molar-refractivity contribution is 5.97. The minimum absolute atomic E-state index is 0.0203. The second kappa shape index (κ2) is 12.5. The molecule has 5 N–H and O–H groups in total. The number of carbonyl (C=O) groups is 6. The highest BCUT2D eigenvalue weighted by Crippen LogP contribution is 2.94. The van der Waals surface area contributed by atoms with Gasteiger partial charge in [0.15, 0.2) is 0 Å². The van der Waals surface area contributed by atoms with Crippen LogP contribution in [0.4, 0.5) is 4.79 Å². The lowest BCUT2D eigenvalue weighted by molar-refractivity contribution is -0.153. The normalized spacial score (nSPS) is 32.7. The predicted molar refractivity (Wildman–Crippen MR) is 178 cm³/mol. The maximum absolute atomic E-state index is 14.8. The van der Waals surface area contributed by atoms with Crippen LogP contribution in [0.15, 0.2) is 0 Å². The Balaban J connectivity index is 1.12. The molecule has 0 aromatic heterocycles. The number of esters is 1. The number of piperidine rings is 1. The largest absolute Gasteiger partial charge is 0.464 e. The first-order valence-electron chi connectivity index (χ1n) is 19.0. The molecule has 5 amide bonds. The summed E-state index contributed by atoms with van der Waals surface area (Å²) in [6.07, 6.45) is 12.7. The summed E-state index contributed by atoms with van der Waals surface area (Å²) in [5, 5.41) is 8.95. The van der Waals surface area contributed by atoms with Crippen molar-refractivity contribution in [3.05, 3.63) is 0 Å². The number of hydrogen-bond donors (Lipinski definition) is 4. The molecule has 0 aromatic carbocycles. The summed E-state index contributed by atoms with van der Waals surface area (Å²) in [5.74, 6) is -1.02. The Bertz CT molecular complexity index is 1380. The van der Waals surface area contributed by atoms with Crippen LogP contribution in [-0.4, -0.2) is 77.2 Å². The summed E-state index contributed by atoms with van der Waals surface area (Å²) < 4.78 is 5.70. The van der Waals surface area contributed by atoms with E-state index in [1.807, 2.05) is 0 Å². The van der Waals surface area contributed by atoms with Crippen molar-refractivity contribution in [3.8, 4) is 0 Å². The number of nitrogens with one attached hydrogen (secondary N) is 3. The van der Waals surface area contributed by atoms with Crippen molar-refractivity contribution >= 4 is 36.0 Å². The number of amides is 5. The van der Waals surface area contributed by atoms with Crippen LogP contribution in [0, 0.1) is 40.4 Å². The molecule has 6 saturated carbocycles. The third-order valence-electron chi connectivity index (χ3n) is 13.7. The fraction of sp³-hybridized carbons (Fsp3) is 0.838. The van der Waals surface area contributed by atoms with Crippen LogP contribution in [0.2, 0.25) is 0 Å². The van der Waals surface area contributed by atoms with Crippen LogP contribution in [0.5, 0.6) is 0 Å². The van der Waals surface area contributed by atoms with Crippen molar-refractivity contribution < 1.29 is 33.5 Å². The SMILES string of the molecule is CC1(C)C2[C@@H]3[C@@H](C(=O)NC(C=O)(CC(N)=O)CC4CC4)N(C(=O)[C@@H](NC(=O)NC4(C(=O)OCC5CC5)CCCCC4)C4CCCCC4)CC231. The molecule has 3 unspecified atom stereocenters. The first kappa shape index (κ1) is 34.3. The van der Waals surface area contributed by atoms with Gasteiger partial charge in [0.1, 0.15) is 29.4 Å². The summed E-state index contributed by atoms with van der Waals surface area (Å²) in [6, 6.07) is -2.25. The quantitative estimate of drug-likeness (QED) is 0.161. The topological polar surface area (TPSA) is 177 Å². The molecule has 12 nitrogen and oxygen atoms in total. The zero-order valence-electron chi connectivity index (χ0n) is 29.2. The molecule has 6 aliphatic carbocycles. The van der Waals surface area contributed by atoms with Crippen molar-refractivity contribution in [2.24, 2.45) is 46.2 Å². The highest BCUT2D eigenvalue weighted by atomic mass is 16.5. The Hall–Kier alpha value is -3.18. The van der Waals surface area contributed by atoms with E-state index < -0.39 is 47.0 Å². The first-order valence-corrected chi connectivity index (χ1v) is 19.0. The molecule has 7 rings (SSSR count). The lowest BCUT2D eigenvalue weighted by atomic mass is 9.81. The Labute approximate surface area is 289 Å². The second-order valence-corrected chi connectivity index (χ2v) is 17.4. The minimum Gasteiger partial charge on any atom is -0.464 e. The monoisotopic (exact) mass is 681 g/mol. The Morgan fingerprint density at radius 2 is 1.59 bits per heavy atom. The number of urea groups is 1. The minimum atomic E-state index is -1.41. The number of nitrogens with zero attached hydrogens (tertiary/aromatic N) is 1. The fourth-order valence-corrected chi connectivity index (χ4v) is 10.5. The number of primary amides is 1. The van der Waals surface area contributed by atoms with Gasteiger partial charge >= 0.3 is 12.0 Å². The van der Waals surface area contributed by atoms with Gasteiger partial charge in [-0.25, -0.2) is 9.59 Å². The van der Waals surface area contributed by atoms with Gasteiger partial charge < -0.3 is 36.1 Å². The number of carbonyl (C=O) groups excluding carboxylic acids is 6. The standard InChI is InChI=1S/C37H55N5O7/c1-34(2)29-26-28(30(45)40-35(21-43,18-25(38)44)17-22-11-12-22)42(20-37(26,29)34)31(46)27(24-9-5-3-6-10-24)39-33(48)41-36(15-7-4-8-16-36)32(47)49-19-23-13-14-23/h21-24,26-29H,3-20H2,1-2H3,(H2,38,44)(H,40,45)(H2,39,41,48)/t26-,27-,28-,29?,35?,37?/m0/s1. The summed E-state index contributed by atoms with van der Waals surface area (Å²) in [7, 11) is 0. The molecule has 1 heterocycles. The average molecular weight is 682 g/mol. The summed E-state index contributed by atoms with van der Waals surface area (Å²) in [5.41, 5.74) is 2.83. The number of aldehydes is 1. The van der Waals surface area contributed by atoms with E-state index in [9.17, 15) is 28.8 Å². The van der Waals surface area contributed by atoms with E-state index >= 15 is 0 Å². The Morgan fingerprint density at radius 3 is 2.18 bits per heavy atom. The number of likely N-dealkylation sites (tertiary alicyclic amines) is 1. The molecule has 6 atom stereocenters. The molecule has 0 bridgehead atoms. The summed E-state index contributed by atoms with van der Waals surface area (Å²) in [6.45, 7) is 5.12. The van der Waals surface area contributed by atoms with E-state index in [1.54, 1.807) is 4.90 Å². The predicted octanol–water partition coefficient (Wildman–Crippen LogP) is 3.10. The van der Waals surface area contributed by atoms with Gasteiger partial charge in [0.25, 0.3) is 0 Å². The van der Waals surface area contributed by atoms with Crippen molar-refractivity contribution in [2.45, 2.75) is 140 Å². The first-order chi connectivity index (χ1) is 23.4. The molecule has 0 aromatic rings. The van der Waals surface area contributed by atoms with E-state index in [-0.39, 0.29) is 40.9 Å². The number of nitrogens with two attached hydrogens (primary N) is 1. The lowest BCUT2D eigenvalue weighted by Gasteiger charge is -2.39. The van der Waals surface area contributed by atoms with Crippen molar-refractivity contribution in [1.29, 1.82) is 0 Å². The summed E-state index contributed by atoms with van der Waals surface area (Å²) >= 11 is 0. The Morgan fingerprint density at radius 1 is 0.939 bits per heavy atom. The van der Waals surface area contributed by atoms with E-state index in [4.69, 9.17) is 10.5 Å². The maximum atomic E-state index is 14.8. The number of ether oxygens (including phenoxy) is 1. The number of hydrogen-bond acceptors (Lipinski definition) is 7. The van der Waals surface area contributed by atoms with E-state index in [0.29, 0.717) is 50.5 Å². The van der Waals surface area contributed by atoms with Crippen LogP contribution in [0.25, 0.3) is 0 Å². The van der Waals surface area contributed by atoms with Crippen molar-refractivity contribution in [3.63, 3.8) is 0 Å². The van der Waals surface area contributed by atoms with Crippen molar-refractivity contribution in [2.75, 3.05) is 13.2 Å². The van der Waals surface area contributed by atoms with Gasteiger partial charge in [0.2, 0.25) is 17.7 Å². The number of rotatable bonds is 14. The van der Waals surface area contributed by atoms with Gasteiger partial charge in [-0.05, 0) is 74.0 Å². The molecular weight excluding hydrogens is 626 g/mol. The molecule has 12 heteroatoms. The van der Waals surface area contributed by atoms with Crippen LogP contribution in [-0.2, 0) is 28.7 Å². The molecule has 0 radical (unpaired) electrons. The zero-order valence-corrected chi connectivity index (χ0v) is 29.2. The molecule has 7 aliphatic rings. The van der Waals surface area contributed by atoms with Crippen molar-refractivity contribution in [1.82, 2.24) is 20.9 Å². The van der Waals surface area contributed by atoms with Crippen LogP contribution < -0.4 is 21.7 Å². The molecule has 7 fully saturated rings. The smallest absolute Gasteiger partial charge is 0.331 e. The maximum Gasteiger partial charge on any atom is 0.331 e. The number of fused-ring (bicyclic) bond motifs is 1. The van der Waals surface area contributed by atoms with E-state index in [1.165, 1.54) is 0 Å². The van der Waals surface area contributed by atoms with Gasteiger partial charge in [-0.3, -0.25) is 14.4 Å². The highest BCUT2D eigenvalue weighted by Gasteiger charge is 2.96. The third kappa shape index (κ3) is 6.23. The molecule has 49 heavy (non-hydrogen) atoms. The van der Waals surface area contributed by atoms with Crippen LogP contribution in [0.1, 0.15) is 117 Å². The second-order valence-electron chi connectivity index (χ2n) is 17.4. The van der Waals surface area contributed by atoms with Gasteiger partial charge in [0.05, 0.1) is 13.0 Å². The molecule has 1 spiro atoms. The molecule has 1 aliphatic heterocycles. The van der Waals surface area contributed by atoms with Crippen LogP contribution in [0.3, 0.4) is 0 Å². The third-order valence-corrected chi connectivity index (χ3v) is 13.7. The van der Waals surface area contributed by atoms with Gasteiger partial charge in [-0.15, -0.1) is 0 Å². The molecular formula is C37H55N5O7. The lowest BCUT2D eigenvalue weighted by Crippen LogP contribution is -2.64. The molecule has 270 valence electrons. The van der Waals surface area contributed by atoms with E-state index in [2.05, 4.69) is 29.8 Å². The fourth-order valence-electron chi connectivity index (χ4n) is 10.5. The molecule has 1 saturated heterocycles. The van der Waals surface area contributed by atoms with E-state index in [0.717, 1.165) is 77.0 Å². The van der Waals surface area contributed by atoms with Gasteiger partial charge in [-0.1, -0.05) is 65.2 Å². The van der Waals surface area contributed by atoms with Gasteiger partial charge in [0, 0.05) is 17.9 Å². The summed E-state index contributed by atoms with van der Waals surface area (Å²) in [4.78, 5) is 82.6. The average Bonchev–Trinajstić information content (AvgIpc) is 3.95. The zero-order chi connectivity index (χ0) is 34.8. The van der Waals surface area contributed by atoms with Gasteiger partial charge in [-0.2, -0.15) is 0 Å². The Kier molecular flexibility index (Phi) is 8.78. The van der Waals surface area contributed by atoms with Crippen LogP contribution >= 0.6 is 0 Å².